The molecule has 3 aromatic rings. The molecule has 6 heteroatoms. The van der Waals surface area contributed by atoms with Crippen LogP contribution in [0.3, 0.4) is 0 Å². The summed E-state index contributed by atoms with van der Waals surface area (Å²) in [7, 11) is 0. The van der Waals surface area contributed by atoms with Crippen LogP contribution in [0.2, 0.25) is 0 Å². The fraction of sp³-hybridized carbons (Fsp3) is 0.286. The Morgan fingerprint density at radius 3 is 2.44 bits per heavy atom. The molecule has 5 nitrogen and oxygen atoms in total. The highest BCUT2D eigenvalue weighted by molar-refractivity contribution is 5.95. The molecule has 0 unspecified atom stereocenters. The van der Waals surface area contributed by atoms with Crippen LogP contribution in [0, 0.1) is 5.82 Å². The van der Waals surface area contributed by atoms with Crippen LogP contribution in [0.15, 0.2) is 59.1 Å². The number of aromatic nitrogens is 2. The van der Waals surface area contributed by atoms with Crippen molar-refractivity contribution in [2.45, 2.75) is 37.6 Å². The van der Waals surface area contributed by atoms with E-state index in [0.29, 0.717) is 24.6 Å². The van der Waals surface area contributed by atoms with Crippen LogP contribution < -0.4 is 5.32 Å². The van der Waals surface area contributed by atoms with Crippen molar-refractivity contribution < 1.29 is 13.7 Å². The maximum absolute atomic E-state index is 14.0. The summed E-state index contributed by atoms with van der Waals surface area (Å²) >= 11 is 0. The lowest BCUT2D eigenvalue weighted by Gasteiger charge is -2.34. The van der Waals surface area contributed by atoms with Crippen molar-refractivity contribution >= 4 is 5.91 Å². The number of benzene rings is 2. The summed E-state index contributed by atoms with van der Waals surface area (Å²) in [6.45, 7) is 0. The van der Waals surface area contributed by atoms with E-state index < -0.39 is 17.3 Å². The summed E-state index contributed by atoms with van der Waals surface area (Å²) in [5.74, 6) is -0.146. The summed E-state index contributed by atoms with van der Waals surface area (Å²) in [5, 5.41) is 7.09. The van der Waals surface area contributed by atoms with Gasteiger partial charge in [-0.3, -0.25) is 4.79 Å². The standard InChI is InChI=1S/C21H20FN3O2/c22-17-12-6-5-11-16(17)19(26)24-21(13-7-2-8-14-21)20-23-18(25-27-20)15-9-3-1-4-10-15/h1,3-6,9-12H,2,7-8,13-14H2,(H,24,26). The highest BCUT2D eigenvalue weighted by Crippen LogP contribution is 2.37. The molecule has 1 saturated carbocycles. The lowest BCUT2D eigenvalue weighted by Crippen LogP contribution is -2.47. The van der Waals surface area contributed by atoms with Crippen LogP contribution in [-0.2, 0) is 5.54 Å². The third-order valence-electron chi connectivity index (χ3n) is 5.05. The zero-order valence-corrected chi connectivity index (χ0v) is 14.8. The second-order valence-corrected chi connectivity index (χ2v) is 6.87. The second-order valence-electron chi connectivity index (χ2n) is 6.87. The molecule has 0 aliphatic heterocycles. The molecule has 0 spiro atoms. The molecule has 27 heavy (non-hydrogen) atoms. The molecule has 0 radical (unpaired) electrons. The first-order valence-corrected chi connectivity index (χ1v) is 9.15. The summed E-state index contributed by atoms with van der Waals surface area (Å²) < 4.78 is 19.6. The number of hydrogen-bond acceptors (Lipinski definition) is 4. The molecular formula is C21H20FN3O2. The van der Waals surface area contributed by atoms with E-state index in [2.05, 4.69) is 15.5 Å². The van der Waals surface area contributed by atoms with Gasteiger partial charge >= 0.3 is 0 Å². The molecule has 1 aromatic heterocycles. The minimum atomic E-state index is -0.766. The van der Waals surface area contributed by atoms with E-state index in [1.807, 2.05) is 30.3 Å². The fourth-order valence-electron chi connectivity index (χ4n) is 3.60. The van der Waals surface area contributed by atoms with Gasteiger partial charge in [-0.25, -0.2) is 4.39 Å². The van der Waals surface area contributed by atoms with Crippen molar-refractivity contribution in [2.24, 2.45) is 0 Å². The van der Waals surface area contributed by atoms with E-state index >= 15 is 0 Å². The smallest absolute Gasteiger partial charge is 0.255 e. The summed E-state index contributed by atoms with van der Waals surface area (Å²) in [4.78, 5) is 17.3. The van der Waals surface area contributed by atoms with Crippen LogP contribution in [0.1, 0.15) is 48.4 Å². The van der Waals surface area contributed by atoms with Gasteiger partial charge < -0.3 is 9.84 Å². The number of hydrogen-bond donors (Lipinski definition) is 1. The van der Waals surface area contributed by atoms with Crippen molar-refractivity contribution in [2.75, 3.05) is 0 Å². The first-order chi connectivity index (χ1) is 13.2. The number of nitrogens with one attached hydrogen (secondary N) is 1. The summed E-state index contributed by atoms with van der Waals surface area (Å²) in [6, 6.07) is 15.5. The Morgan fingerprint density at radius 2 is 1.70 bits per heavy atom. The molecule has 0 saturated heterocycles. The van der Waals surface area contributed by atoms with Crippen LogP contribution in [-0.4, -0.2) is 16.0 Å². The lowest BCUT2D eigenvalue weighted by molar-refractivity contribution is 0.0820. The Hall–Kier alpha value is -3.02. The number of carbonyl (C=O) groups is 1. The minimum Gasteiger partial charge on any atom is -0.338 e. The Morgan fingerprint density at radius 1 is 1.00 bits per heavy atom. The largest absolute Gasteiger partial charge is 0.338 e. The Kier molecular flexibility index (Phi) is 4.71. The van der Waals surface area contributed by atoms with E-state index in [4.69, 9.17) is 4.52 Å². The number of nitrogens with zero attached hydrogens (tertiary/aromatic N) is 2. The quantitative estimate of drug-likeness (QED) is 0.741. The van der Waals surface area contributed by atoms with Crippen molar-refractivity contribution in [1.82, 2.24) is 15.5 Å². The van der Waals surface area contributed by atoms with Gasteiger partial charge in [-0.05, 0) is 25.0 Å². The molecule has 0 bridgehead atoms. The van der Waals surface area contributed by atoms with Gasteiger partial charge in [-0.15, -0.1) is 0 Å². The zero-order valence-electron chi connectivity index (χ0n) is 14.8. The van der Waals surface area contributed by atoms with Gasteiger partial charge in [-0.2, -0.15) is 4.98 Å². The highest BCUT2D eigenvalue weighted by Gasteiger charge is 2.41. The Labute approximate surface area is 156 Å². The monoisotopic (exact) mass is 365 g/mol. The highest BCUT2D eigenvalue weighted by atomic mass is 19.1. The van der Waals surface area contributed by atoms with Gasteiger partial charge in [0.2, 0.25) is 5.82 Å². The molecule has 1 amide bonds. The van der Waals surface area contributed by atoms with Gasteiger partial charge in [0.1, 0.15) is 11.4 Å². The van der Waals surface area contributed by atoms with E-state index in [9.17, 15) is 9.18 Å². The molecule has 2 aromatic carbocycles. The third-order valence-corrected chi connectivity index (χ3v) is 5.05. The van der Waals surface area contributed by atoms with Crippen molar-refractivity contribution in [3.63, 3.8) is 0 Å². The second kappa shape index (κ2) is 7.31. The molecule has 1 aliphatic carbocycles. The van der Waals surface area contributed by atoms with Crippen molar-refractivity contribution in [3.05, 3.63) is 71.9 Å². The van der Waals surface area contributed by atoms with Crippen LogP contribution in [0.4, 0.5) is 4.39 Å². The first kappa shape index (κ1) is 17.4. The average Bonchev–Trinajstić information content (AvgIpc) is 3.21. The van der Waals surface area contributed by atoms with Crippen molar-refractivity contribution in [3.8, 4) is 11.4 Å². The fourth-order valence-corrected chi connectivity index (χ4v) is 3.60. The Balaban J connectivity index is 1.66. The van der Waals surface area contributed by atoms with E-state index in [-0.39, 0.29) is 5.56 Å². The number of halogens is 1. The predicted octanol–water partition coefficient (Wildman–Crippen LogP) is 4.47. The van der Waals surface area contributed by atoms with Crippen LogP contribution in [0.5, 0.6) is 0 Å². The SMILES string of the molecule is O=C(NC1(c2nc(-c3ccccc3)no2)CCCCC1)c1ccccc1F. The molecular weight excluding hydrogens is 345 g/mol. The van der Waals surface area contributed by atoms with Crippen LogP contribution >= 0.6 is 0 Å². The zero-order chi connectivity index (χ0) is 18.7. The third kappa shape index (κ3) is 3.47. The van der Waals surface area contributed by atoms with Gasteiger partial charge in [0.05, 0.1) is 5.56 Å². The number of rotatable bonds is 4. The van der Waals surface area contributed by atoms with Gasteiger partial charge in [-0.1, -0.05) is 66.9 Å². The maximum Gasteiger partial charge on any atom is 0.255 e. The molecule has 1 aliphatic rings. The van der Waals surface area contributed by atoms with E-state index in [0.717, 1.165) is 24.8 Å². The van der Waals surface area contributed by atoms with E-state index in [1.54, 1.807) is 12.1 Å². The summed E-state index contributed by atoms with van der Waals surface area (Å²) in [6.07, 6.45) is 4.31. The van der Waals surface area contributed by atoms with Crippen LogP contribution in [0.25, 0.3) is 11.4 Å². The average molecular weight is 365 g/mol. The normalized spacial score (nSPS) is 16.0. The van der Waals surface area contributed by atoms with Gasteiger partial charge in [0.15, 0.2) is 0 Å². The topological polar surface area (TPSA) is 68.0 Å². The maximum atomic E-state index is 14.0. The van der Waals surface area contributed by atoms with Gasteiger partial charge in [0.25, 0.3) is 11.8 Å². The molecule has 0 atom stereocenters. The molecule has 4 rings (SSSR count). The van der Waals surface area contributed by atoms with E-state index in [1.165, 1.54) is 12.1 Å². The summed E-state index contributed by atoms with van der Waals surface area (Å²) in [5.41, 5.74) is 0.0987. The number of amides is 1. The molecule has 1 fully saturated rings. The molecule has 138 valence electrons. The van der Waals surface area contributed by atoms with Gasteiger partial charge in [0, 0.05) is 5.56 Å². The number of carbonyl (C=O) groups excluding carboxylic acids is 1. The minimum absolute atomic E-state index is 0.0187. The van der Waals surface area contributed by atoms with Crippen molar-refractivity contribution in [1.29, 1.82) is 0 Å². The lowest BCUT2D eigenvalue weighted by atomic mass is 9.81. The molecule has 1 N–H and O–H groups in total. The predicted molar refractivity (Wildman–Crippen MR) is 98.4 cm³/mol. The first-order valence-electron chi connectivity index (χ1n) is 9.15. The Bertz CT molecular complexity index is 933. The molecule has 1 heterocycles.